The highest BCUT2D eigenvalue weighted by Gasteiger charge is 2.44. The van der Waals surface area contributed by atoms with Crippen molar-refractivity contribution >= 4 is 52.6 Å². The fourth-order valence-corrected chi connectivity index (χ4v) is 9.49. The number of carbonyl (C=O) groups excluding carboxylic acids is 2. The van der Waals surface area contributed by atoms with Crippen LogP contribution < -0.4 is 0 Å². The molecule has 5 atom stereocenters. The second-order valence-electron chi connectivity index (χ2n) is 19.6. The Morgan fingerprint density at radius 2 is 1.26 bits per heavy atom. The molecule has 0 aromatic rings. The largest absolute Gasteiger partial charge is 0.462 e. The maximum Gasteiger partial charge on any atom is 0.341 e. The van der Waals surface area contributed by atoms with Crippen LogP contribution in [0.3, 0.4) is 0 Å². The van der Waals surface area contributed by atoms with Gasteiger partial charge in [0, 0.05) is 16.3 Å². The second kappa shape index (κ2) is 19.8. The van der Waals surface area contributed by atoms with Crippen molar-refractivity contribution in [3.05, 3.63) is 58.2 Å². The number of esters is 1. The van der Waals surface area contributed by atoms with Gasteiger partial charge in [-0.2, -0.15) is 0 Å². The predicted molar refractivity (Wildman–Crippen MR) is 237 cm³/mol. The Morgan fingerprint density at radius 1 is 0.792 bits per heavy atom. The van der Waals surface area contributed by atoms with Gasteiger partial charge in [0.1, 0.15) is 5.57 Å². The van der Waals surface area contributed by atoms with Crippen molar-refractivity contribution in [2.75, 3.05) is 6.61 Å². The van der Waals surface area contributed by atoms with Gasteiger partial charge in [-0.05, 0) is 99.7 Å². The first-order chi connectivity index (χ1) is 23.9. The van der Waals surface area contributed by atoms with Crippen molar-refractivity contribution in [3.8, 4) is 0 Å². The number of rotatable bonds is 8. The summed E-state index contributed by atoms with van der Waals surface area (Å²) in [5.74, 6) is -1.52. The Balaban J connectivity index is 4.09. The molecule has 0 saturated heterocycles. The van der Waals surface area contributed by atoms with Crippen molar-refractivity contribution < 1.29 is 27.6 Å². The van der Waals surface area contributed by atoms with E-state index in [-0.39, 0.29) is 57.3 Å². The van der Waals surface area contributed by atoms with Gasteiger partial charge in [-0.25, -0.2) is 4.79 Å². The summed E-state index contributed by atoms with van der Waals surface area (Å²) in [4.78, 5) is 27.9. The fraction of sp³-hybridized carbons (Fsp3) is 0.721. The molecule has 0 aromatic carbocycles. The molecular formula is C43H77BrO6Si3. The normalized spacial score (nSPS) is 28.0. The molecule has 0 heterocycles. The van der Waals surface area contributed by atoms with Crippen LogP contribution in [0.4, 0.5) is 0 Å². The van der Waals surface area contributed by atoms with Gasteiger partial charge in [0.05, 0.1) is 24.9 Å². The number of allylic oxidation sites excluding steroid dienone is 7. The van der Waals surface area contributed by atoms with Crippen molar-refractivity contribution in [3.63, 3.8) is 0 Å². The van der Waals surface area contributed by atoms with Gasteiger partial charge in [0.2, 0.25) is 0 Å². The lowest BCUT2D eigenvalue weighted by Gasteiger charge is -2.44. The summed E-state index contributed by atoms with van der Waals surface area (Å²) in [5, 5.41) is -0.0719. The summed E-state index contributed by atoms with van der Waals surface area (Å²) in [5.41, 5.74) is 1.26. The fourth-order valence-electron chi connectivity index (χ4n) is 5.07. The van der Waals surface area contributed by atoms with Gasteiger partial charge in [-0.1, -0.05) is 128 Å². The average molecular weight is 854 g/mol. The van der Waals surface area contributed by atoms with E-state index < -0.39 is 36.8 Å². The molecule has 304 valence electrons. The summed E-state index contributed by atoms with van der Waals surface area (Å²) >= 11 is 3.82. The molecule has 0 saturated carbocycles. The molecule has 0 spiro atoms. The minimum atomic E-state index is -2.28. The summed E-state index contributed by atoms with van der Waals surface area (Å²) in [7, 11) is -6.75. The number of hydrogen-bond acceptors (Lipinski definition) is 6. The second-order valence-corrected chi connectivity index (χ2v) is 34.8. The van der Waals surface area contributed by atoms with E-state index in [1.165, 1.54) is 5.57 Å². The van der Waals surface area contributed by atoms with E-state index in [1.54, 1.807) is 13.0 Å². The first-order valence-electron chi connectivity index (χ1n) is 19.7. The number of halogens is 1. The molecule has 1 aliphatic carbocycles. The molecule has 0 bridgehead atoms. The number of ketones is 1. The summed E-state index contributed by atoms with van der Waals surface area (Å²) in [6, 6.07) is 0. The third kappa shape index (κ3) is 15.0. The van der Waals surface area contributed by atoms with E-state index in [1.807, 2.05) is 19.1 Å². The third-order valence-corrected chi connectivity index (χ3v) is 26.1. The average Bonchev–Trinajstić information content (AvgIpc) is 2.99. The molecule has 0 fully saturated rings. The van der Waals surface area contributed by atoms with Crippen LogP contribution in [0.2, 0.25) is 54.4 Å². The van der Waals surface area contributed by atoms with Crippen LogP contribution in [0.5, 0.6) is 0 Å². The van der Waals surface area contributed by atoms with Gasteiger partial charge < -0.3 is 18.0 Å². The molecule has 0 aliphatic heterocycles. The zero-order valence-corrected chi connectivity index (χ0v) is 41.7. The zero-order valence-electron chi connectivity index (χ0n) is 37.1. The van der Waals surface area contributed by atoms with Gasteiger partial charge in [-0.3, -0.25) is 4.79 Å². The summed E-state index contributed by atoms with van der Waals surface area (Å²) < 4.78 is 27.7. The molecule has 0 radical (unpaired) electrons. The Hall–Kier alpha value is -1.15. The van der Waals surface area contributed by atoms with E-state index in [2.05, 4.69) is 156 Å². The van der Waals surface area contributed by atoms with Crippen molar-refractivity contribution in [2.45, 2.75) is 182 Å². The Bertz CT molecular complexity index is 1390. The molecule has 0 N–H and O–H groups in total. The first kappa shape index (κ1) is 49.9. The monoisotopic (exact) mass is 852 g/mol. The smallest absolute Gasteiger partial charge is 0.341 e. The van der Waals surface area contributed by atoms with Crippen molar-refractivity contribution in [2.24, 2.45) is 11.8 Å². The maximum atomic E-state index is 14.4. The zero-order chi connectivity index (χ0) is 41.4. The van der Waals surface area contributed by atoms with Crippen molar-refractivity contribution in [1.82, 2.24) is 0 Å². The van der Waals surface area contributed by atoms with Crippen LogP contribution in [0.1, 0.15) is 109 Å². The molecule has 0 amide bonds. The quantitative estimate of drug-likeness (QED) is 0.105. The molecule has 1 unspecified atom stereocenters. The Labute approximate surface area is 337 Å². The van der Waals surface area contributed by atoms with E-state index in [9.17, 15) is 9.59 Å². The molecule has 53 heavy (non-hydrogen) atoms. The SMILES string of the molecule is CCOC(=O)/C1=C/C=C[C@H](O[Si](C)(C)C(C)(C)C)[C@@H](C)[C@H](O[Si](C)(C)C(C)(C)C)/C=C/C(Br)=C\C/C=C(/C)CCC(O[Si](C)(C)C(C)(C)C)[C@@H](C)C1=O. The van der Waals surface area contributed by atoms with E-state index in [0.29, 0.717) is 6.42 Å². The summed E-state index contributed by atoms with van der Waals surface area (Å²) in [6.45, 7) is 41.8. The summed E-state index contributed by atoms with van der Waals surface area (Å²) in [6.07, 6.45) is 15.4. The third-order valence-electron chi connectivity index (χ3n) is 12.1. The lowest BCUT2D eigenvalue weighted by molar-refractivity contribution is -0.140. The van der Waals surface area contributed by atoms with Crippen LogP contribution in [-0.2, 0) is 27.6 Å². The van der Waals surface area contributed by atoms with E-state index >= 15 is 0 Å². The number of Topliss-reactive ketones (excluding diaryl/α,β-unsaturated/α-hetero) is 1. The molecule has 10 heteroatoms. The van der Waals surface area contributed by atoms with Gasteiger partial charge in [0.15, 0.2) is 30.7 Å². The topological polar surface area (TPSA) is 71.1 Å². The van der Waals surface area contributed by atoms with Crippen LogP contribution in [-0.4, -0.2) is 61.6 Å². The van der Waals surface area contributed by atoms with Crippen LogP contribution >= 0.6 is 15.9 Å². The standard InChI is InChI=1S/C43H77BrO6Si3/c1-20-47-40(46)35-25-22-26-36(48-51(14,15)41(5,6)7)32(3)37(49-52(16,17)42(8,9)10)30-28-34(44)24-21-23-31(2)27-29-38(33(4)39(35)45)50-53(18,19)43(11,12)13/h22-26,28,30,32-33,36-38H,20-21,27,29H2,1-19H3/b26-22?,30-28+,31-23-,34-24+,35-25+/t32-,33-,36+,37-,38?/m1/s1. The minimum Gasteiger partial charge on any atom is -0.462 e. The lowest BCUT2D eigenvalue weighted by atomic mass is 9.90. The van der Waals surface area contributed by atoms with E-state index in [0.717, 1.165) is 17.3 Å². The van der Waals surface area contributed by atoms with Gasteiger partial charge in [-0.15, -0.1) is 0 Å². The van der Waals surface area contributed by atoms with Crippen LogP contribution in [0.15, 0.2) is 58.2 Å². The Kier molecular flexibility index (Phi) is 18.6. The van der Waals surface area contributed by atoms with Gasteiger partial charge >= 0.3 is 5.97 Å². The highest BCUT2D eigenvalue weighted by atomic mass is 79.9. The number of hydrogen-bond donors (Lipinski definition) is 0. The van der Waals surface area contributed by atoms with Crippen LogP contribution in [0, 0.1) is 11.8 Å². The predicted octanol–water partition coefficient (Wildman–Crippen LogP) is 13.0. The molecule has 1 aliphatic rings. The molecule has 6 nitrogen and oxygen atoms in total. The highest BCUT2D eigenvalue weighted by Crippen LogP contribution is 2.42. The minimum absolute atomic E-state index is 0.00653. The Morgan fingerprint density at radius 3 is 1.74 bits per heavy atom. The number of carbonyl (C=O) groups is 2. The van der Waals surface area contributed by atoms with Gasteiger partial charge in [0.25, 0.3) is 0 Å². The molecule has 1 rings (SSSR count). The molecular weight excluding hydrogens is 777 g/mol. The lowest BCUT2D eigenvalue weighted by Crippen LogP contribution is -2.49. The highest BCUT2D eigenvalue weighted by molar-refractivity contribution is 9.11. The molecule has 0 aromatic heterocycles. The first-order valence-corrected chi connectivity index (χ1v) is 29.2. The number of ether oxygens (including phenoxy) is 1. The van der Waals surface area contributed by atoms with E-state index in [4.69, 9.17) is 18.0 Å². The maximum absolute atomic E-state index is 14.4. The van der Waals surface area contributed by atoms with Crippen LogP contribution in [0.25, 0.3) is 0 Å². The van der Waals surface area contributed by atoms with Crippen molar-refractivity contribution in [1.29, 1.82) is 0 Å².